The molecule has 0 saturated heterocycles. The van der Waals surface area contributed by atoms with Crippen LogP contribution in [0.4, 0.5) is 0 Å². The van der Waals surface area contributed by atoms with Gasteiger partial charge in [-0.15, -0.1) is 11.3 Å². The molecule has 0 spiro atoms. The Bertz CT molecular complexity index is 516. The third-order valence-corrected chi connectivity index (χ3v) is 3.61. The topological polar surface area (TPSA) is 63.3 Å². The first-order valence-corrected chi connectivity index (χ1v) is 6.15. The van der Waals surface area contributed by atoms with Gasteiger partial charge in [0.15, 0.2) is 0 Å². The molecule has 0 aliphatic carbocycles. The first-order valence-electron chi connectivity index (χ1n) is 5.33. The Morgan fingerprint density at radius 2 is 1.88 bits per heavy atom. The fourth-order valence-electron chi connectivity index (χ4n) is 1.61. The molecule has 3 nitrogen and oxygen atoms in total. The highest BCUT2D eigenvalue weighted by Gasteiger charge is 2.08. The number of aromatic carboxylic acids is 1. The zero-order valence-corrected chi connectivity index (χ0v) is 10.0. The summed E-state index contributed by atoms with van der Waals surface area (Å²) < 4.78 is 0. The van der Waals surface area contributed by atoms with E-state index in [-0.39, 0.29) is 0 Å². The quantitative estimate of drug-likeness (QED) is 0.873. The van der Waals surface area contributed by atoms with Gasteiger partial charge in [0, 0.05) is 4.88 Å². The largest absolute Gasteiger partial charge is 0.477 e. The van der Waals surface area contributed by atoms with E-state index < -0.39 is 5.97 Å². The van der Waals surface area contributed by atoms with Crippen LogP contribution in [-0.2, 0) is 6.42 Å². The number of benzene rings is 1. The molecular weight excluding hydrogens is 234 g/mol. The average molecular weight is 247 g/mol. The number of rotatable bonds is 4. The SMILES string of the molecule is NCCc1ccc(-c2ccc(C(=O)O)s2)cc1. The Balaban J connectivity index is 2.23. The first kappa shape index (κ1) is 11.8. The highest BCUT2D eigenvalue weighted by Crippen LogP contribution is 2.28. The molecule has 0 aliphatic heterocycles. The minimum atomic E-state index is -0.874. The van der Waals surface area contributed by atoms with Crippen molar-refractivity contribution >= 4 is 17.3 Å². The molecule has 0 radical (unpaired) electrons. The average Bonchev–Trinajstić information content (AvgIpc) is 2.80. The van der Waals surface area contributed by atoms with Crippen LogP contribution in [0, 0.1) is 0 Å². The van der Waals surface area contributed by atoms with E-state index in [2.05, 4.69) is 0 Å². The van der Waals surface area contributed by atoms with Gasteiger partial charge in [0.05, 0.1) is 0 Å². The molecule has 88 valence electrons. The van der Waals surface area contributed by atoms with Crippen molar-refractivity contribution < 1.29 is 9.90 Å². The van der Waals surface area contributed by atoms with Gasteiger partial charge in [0.1, 0.15) is 4.88 Å². The lowest BCUT2D eigenvalue weighted by atomic mass is 10.1. The molecule has 0 atom stereocenters. The van der Waals surface area contributed by atoms with Gasteiger partial charge in [0.25, 0.3) is 0 Å². The van der Waals surface area contributed by atoms with E-state index in [4.69, 9.17) is 10.8 Å². The van der Waals surface area contributed by atoms with Crippen molar-refractivity contribution in [2.24, 2.45) is 5.73 Å². The number of hydrogen-bond donors (Lipinski definition) is 2. The van der Waals surface area contributed by atoms with Gasteiger partial charge < -0.3 is 10.8 Å². The standard InChI is InChI=1S/C13H13NO2S/c14-8-7-9-1-3-10(4-2-9)11-5-6-12(17-11)13(15)16/h1-6H,7-8,14H2,(H,15,16). The van der Waals surface area contributed by atoms with Crippen molar-refractivity contribution in [3.05, 3.63) is 46.8 Å². The Kier molecular flexibility index (Phi) is 3.56. The third kappa shape index (κ3) is 2.72. The molecule has 3 N–H and O–H groups in total. The summed E-state index contributed by atoms with van der Waals surface area (Å²) in [4.78, 5) is 12.1. The smallest absolute Gasteiger partial charge is 0.345 e. The normalized spacial score (nSPS) is 10.4. The van der Waals surface area contributed by atoms with Crippen LogP contribution in [0.5, 0.6) is 0 Å². The Morgan fingerprint density at radius 3 is 2.41 bits per heavy atom. The molecule has 0 aliphatic rings. The molecule has 0 amide bonds. The molecule has 1 aromatic carbocycles. The van der Waals surface area contributed by atoms with Gasteiger partial charge in [-0.3, -0.25) is 0 Å². The lowest BCUT2D eigenvalue weighted by Crippen LogP contribution is -2.02. The number of carbonyl (C=O) groups is 1. The minimum absolute atomic E-state index is 0.367. The lowest BCUT2D eigenvalue weighted by molar-refractivity contribution is 0.0702. The summed E-state index contributed by atoms with van der Waals surface area (Å²) >= 11 is 1.29. The van der Waals surface area contributed by atoms with Crippen LogP contribution in [0.1, 0.15) is 15.2 Å². The molecule has 1 aromatic heterocycles. The Labute approximate surface area is 104 Å². The van der Waals surface area contributed by atoms with Crippen LogP contribution in [0.2, 0.25) is 0 Å². The Hall–Kier alpha value is -1.65. The maximum absolute atomic E-state index is 10.8. The number of carboxylic acid groups (broad SMARTS) is 1. The fourth-order valence-corrected chi connectivity index (χ4v) is 2.46. The van der Waals surface area contributed by atoms with Crippen molar-refractivity contribution in [2.45, 2.75) is 6.42 Å². The molecule has 2 rings (SSSR count). The minimum Gasteiger partial charge on any atom is -0.477 e. The summed E-state index contributed by atoms with van der Waals surface area (Å²) in [7, 11) is 0. The van der Waals surface area contributed by atoms with Gasteiger partial charge in [-0.05, 0) is 36.2 Å². The van der Waals surface area contributed by atoms with Crippen molar-refractivity contribution in [1.82, 2.24) is 0 Å². The van der Waals surface area contributed by atoms with Gasteiger partial charge in [-0.2, -0.15) is 0 Å². The van der Waals surface area contributed by atoms with Crippen LogP contribution >= 0.6 is 11.3 Å². The van der Waals surface area contributed by atoms with Gasteiger partial charge in [-0.25, -0.2) is 4.79 Å². The zero-order chi connectivity index (χ0) is 12.3. The first-order chi connectivity index (χ1) is 8.20. The van der Waals surface area contributed by atoms with Crippen LogP contribution < -0.4 is 5.73 Å². The summed E-state index contributed by atoms with van der Waals surface area (Å²) in [6, 6.07) is 11.5. The van der Waals surface area contributed by atoms with Crippen molar-refractivity contribution in [3.8, 4) is 10.4 Å². The maximum Gasteiger partial charge on any atom is 0.345 e. The molecule has 1 heterocycles. The molecular formula is C13H13NO2S. The number of thiophene rings is 1. The second-order valence-electron chi connectivity index (χ2n) is 3.70. The van der Waals surface area contributed by atoms with Crippen molar-refractivity contribution in [1.29, 1.82) is 0 Å². The van der Waals surface area contributed by atoms with Crippen molar-refractivity contribution in [3.63, 3.8) is 0 Å². The summed E-state index contributed by atoms with van der Waals surface area (Å²) in [5.74, 6) is -0.874. The van der Waals surface area contributed by atoms with Gasteiger partial charge in [0.2, 0.25) is 0 Å². The summed E-state index contributed by atoms with van der Waals surface area (Å²) in [5.41, 5.74) is 7.73. The van der Waals surface area contributed by atoms with Crippen molar-refractivity contribution in [2.75, 3.05) is 6.54 Å². The Morgan fingerprint density at radius 1 is 1.18 bits per heavy atom. The zero-order valence-electron chi connectivity index (χ0n) is 9.22. The lowest BCUT2D eigenvalue weighted by Gasteiger charge is -2.00. The molecule has 0 fully saturated rings. The van der Waals surface area contributed by atoms with E-state index in [0.717, 1.165) is 16.9 Å². The predicted octanol–water partition coefficient (Wildman–Crippen LogP) is 2.61. The third-order valence-electron chi connectivity index (χ3n) is 2.49. The number of hydrogen-bond acceptors (Lipinski definition) is 3. The number of nitrogens with two attached hydrogens (primary N) is 1. The van der Waals surface area contributed by atoms with E-state index in [9.17, 15) is 4.79 Å². The van der Waals surface area contributed by atoms with E-state index in [1.54, 1.807) is 6.07 Å². The summed E-state index contributed by atoms with van der Waals surface area (Å²) in [6.07, 6.45) is 0.866. The molecule has 2 aromatic rings. The molecule has 0 unspecified atom stereocenters. The molecule has 17 heavy (non-hydrogen) atoms. The maximum atomic E-state index is 10.8. The summed E-state index contributed by atoms with van der Waals surface area (Å²) in [5, 5.41) is 8.86. The van der Waals surface area contributed by atoms with Crippen LogP contribution in [0.3, 0.4) is 0 Å². The van der Waals surface area contributed by atoms with E-state index in [0.29, 0.717) is 11.4 Å². The second kappa shape index (κ2) is 5.12. The van der Waals surface area contributed by atoms with Crippen LogP contribution in [-0.4, -0.2) is 17.6 Å². The molecule has 0 saturated carbocycles. The van der Waals surface area contributed by atoms with Crippen LogP contribution in [0.15, 0.2) is 36.4 Å². The highest BCUT2D eigenvalue weighted by atomic mass is 32.1. The highest BCUT2D eigenvalue weighted by molar-refractivity contribution is 7.17. The second-order valence-corrected chi connectivity index (χ2v) is 4.79. The van der Waals surface area contributed by atoms with Gasteiger partial charge in [-0.1, -0.05) is 24.3 Å². The van der Waals surface area contributed by atoms with Crippen LogP contribution in [0.25, 0.3) is 10.4 Å². The van der Waals surface area contributed by atoms with E-state index in [1.165, 1.54) is 16.9 Å². The predicted molar refractivity (Wildman–Crippen MR) is 69.5 cm³/mol. The number of carboxylic acids is 1. The van der Waals surface area contributed by atoms with E-state index in [1.807, 2.05) is 30.3 Å². The summed E-state index contributed by atoms with van der Waals surface area (Å²) in [6.45, 7) is 0.640. The van der Waals surface area contributed by atoms with E-state index >= 15 is 0 Å². The molecule has 4 heteroatoms. The monoisotopic (exact) mass is 247 g/mol. The van der Waals surface area contributed by atoms with Gasteiger partial charge >= 0.3 is 5.97 Å². The molecule has 0 bridgehead atoms. The fraction of sp³-hybridized carbons (Fsp3) is 0.154.